The number of unbranched alkanes of at least 4 members (excludes halogenated alkanes) is 41. The fraction of sp³-hybridized carbons (Fsp3) is 0.982. The topological polar surface area (TPSA) is 108 Å². The maximum Gasteiger partial charge on any atom is 0.268 e. The lowest BCUT2D eigenvalue weighted by Gasteiger charge is -2.30. The predicted molar refractivity (Wildman–Crippen MR) is 279 cm³/mol. The monoisotopic (exact) mass is 943 g/mol. The van der Waals surface area contributed by atoms with Crippen LogP contribution in [0.15, 0.2) is 0 Å². The number of nitrogens with one attached hydrogen (secondary N) is 1. The van der Waals surface area contributed by atoms with Crippen molar-refractivity contribution < 1.29 is 32.9 Å². The number of aliphatic hydroxyl groups excluding tert-OH is 1. The number of rotatable bonds is 54. The number of nitrogens with zero attached hydrogens (tertiary/aromatic N) is 1. The first-order valence-corrected chi connectivity index (χ1v) is 30.3. The number of aliphatic hydroxyl groups is 1. The summed E-state index contributed by atoms with van der Waals surface area (Å²) in [6.45, 7) is 4.72. The summed E-state index contributed by atoms with van der Waals surface area (Å²) in [7, 11) is 1.32. The molecule has 8 nitrogen and oxygen atoms in total. The Bertz CT molecular complexity index is 1030. The summed E-state index contributed by atoms with van der Waals surface area (Å²) in [6.07, 6.45) is 57.6. The lowest BCUT2D eigenvalue weighted by Crippen LogP contribution is -2.46. The zero-order chi connectivity index (χ0) is 47.8. The van der Waals surface area contributed by atoms with Crippen LogP contribution in [0.1, 0.15) is 303 Å². The molecule has 0 aliphatic heterocycles. The largest absolute Gasteiger partial charge is 0.756 e. The standard InChI is InChI=1S/C56H115N2O6P/c1-6-8-10-12-14-16-17-18-19-20-21-22-23-24-25-26-27-28-29-30-31-32-33-34-35-36-37-38-39-40-41-42-44-46-48-50-56(60)57-54(53-64-65(61,62)63-52-51-58(3,4)5)55(59)49-47-45-43-15-13-11-9-7-2/h54-55,59H,6-53H2,1-5H3,(H-,57,60,61,62). The van der Waals surface area contributed by atoms with E-state index >= 15 is 0 Å². The Morgan fingerprint density at radius 1 is 0.477 bits per heavy atom. The molecule has 0 aromatic rings. The van der Waals surface area contributed by atoms with E-state index in [0.717, 1.165) is 38.5 Å². The summed E-state index contributed by atoms with van der Waals surface area (Å²) < 4.78 is 23.3. The van der Waals surface area contributed by atoms with Crippen LogP contribution >= 0.6 is 7.82 Å². The maximum absolute atomic E-state index is 12.9. The summed E-state index contributed by atoms with van der Waals surface area (Å²) in [4.78, 5) is 25.3. The van der Waals surface area contributed by atoms with Gasteiger partial charge in [0.2, 0.25) is 5.91 Å². The summed E-state index contributed by atoms with van der Waals surface area (Å²) in [6, 6.07) is -0.792. The van der Waals surface area contributed by atoms with Gasteiger partial charge >= 0.3 is 0 Å². The van der Waals surface area contributed by atoms with Gasteiger partial charge in [0.15, 0.2) is 0 Å². The van der Waals surface area contributed by atoms with Crippen molar-refractivity contribution in [3.05, 3.63) is 0 Å². The number of amides is 1. The molecule has 390 valence electrons. The Balaban J connectivity index is 3.76. The molecule has 0 fully saturated rings. The molecular formula is C56H115N2O6P. The van der Waals surface area contributed by atoms with Crippen LogP contribution in [-0.2, 0) is 18.4 Å². The van der Waals surface area contributed by atoms with Gasteiger partial charge in [0.1, 0.15) is 13.2 Å². The van der Waals surface area contributed by atoms with Gasteiger partial charge in [0, 0.05) is 6.42 Å². The molecule has 0 radical (unpaired) electrons. The Kier molecular flexibility index (Phi) is 48.1. The summed E-state index contributed by atoms with van der Waals surface area (Å²) in [5.41, 5.74) is 0. The Hall–Kier alpha value is -0.500. The van der Waals surface area contributed by atoms with Crippen molar-refractivity contribution in [3.63, 3.8) is 0 Å². The summed E-state index contributed by atoms with van der Waals surface area (Å²) in [5.74, 6) is -0.161. The smallest absolute Gasteiger partial charge is 0.268 e. The van der Waals surface area contributed by atoms with E-state index in [-0.39, 0.29) is 19.1 Å². The fourth-order valence-electron chi connectivity index (χ4n) is 9.04. The molecule has 0 heterocycles. The highest BCUT2D eigenvalue weighted by atomic mass is 31.2. The summed E-state index contributed by atoms with van der Waals surface area (Å²) >= 11 is 0. The number of hydrogen-bond donors (Lipinski definition) is 2. The average molecular weight is 944 g/mol. The number of quaternary nitrogens is 1. The van der Waals surface area contributed by atoms with Crippen LogP contribution < -0.4 is 10.2 Å². The molecular weight excluding hydrogens is 828 g/mol. The fourth-order valence-corrected chi connectivity index (χ4v) is 9.77. The molecule has 0 spiro atoms. The normalized spacial score (nSPS) is 13.9. The number of carbonyl (C=O) groups is 1. The van der Waals surface area contributed by atoms with Crippen molar-refractivity contribution in [2.24, 2.45) is 0 Å². The van der Waals surface area contributed by atoms with E-state index in [9.17, 15) is 19.4 Å². The highest BCUT2D eigenvalue weighted by Crippen LogP contribution is 2.38. The number of likely N-dealkylation sites (N-methyl/N-ethyl adjacent to an activating group) is 1. The Morgan fingerprint density at radius 3 is 1.05 bits per heavy atom. The third kappa shape index (κ3) is 51.2. The zero-order valence-corrected chi connectivity index (χ0v) is 45.4. The maximum atomic E-state index is 12.9. The van der Waals surface area contributed by atoms with Crippen LogP contribution in [0.4, 0.5) is 0 Å². The molecule has 3 atom stereocenters. The van der Waals surface area contributed by atoms with Gasteiger partial charge in [-0.3, -0.25) is 9.36 Å². The molecule has 65 heavy (non-hydrogen) atoms. The highest BCUT2D eigenvalue weighted by molar-refractivity contribution is 7.45. The van der Waals surface area contributed by atoms with Gasteiger partial charge in [-0.1, -0.05) is 284 Å². The van der Waals surface area contributed by atoms with Crippen LogP contribution in [0.25, 0.3) is 0 Å². The molecule has 1 amide bonds. The van der Waals surface area contributed by atoms with E-state index in [4.69, 9.17) is 9.05 Å². The first-order valence-electron chi connectivity index (χ1n) is 28.9. The molecule has 0 saturated heterocycles. The minimum absolute atomic E-state index is 0.0157. The van der Waals surface area contributed by atoms with Crippen molar-refractivity contribution in [1.82, 2.24) is 5.32 Å². The van der Waals surface area contributed by atoms with E-state index in [1.807, 2.05) is 21.1 Å². The van der Waals surface area contributed by atoms with E-state index in [2.05, 4.69) is 19.2 Å². The van der Waals surface area contributed by atoms with Crippen LogP contribution in [0.3, 0.4) is 0 Å². The highest BCUT2D eigenvalue weighted by Gasteiger charge is 2.24. The van der Waals surface area contributed by atoms with Crippen molar-refractivity contribution in [3.8, 4) is 0 Å². The van der Waals surface area contributed by atoms with Gasteiger partial charge in [-0.25, -0.2) is 0 Å². The first kappa shape index (κ1) is 64.5. The van der Waals surface area contributed by atoms with Gasteiger partial charge in [0.25, 0.3) is 7.82 Å². The van der Waals surface area contributed by atoms with E-state index in [0.29, 0.717) is 23.9 Å². The van der Waals surface area contributed by atoms with E-state index in [1.165, 1.54) is 238 Å². The molecule has 0 aromatic heterocycles. The summed E-state index contributed by atoms with van der Waals surface area (Å²) in [5, 5.41) is 13.9. The molecule has 0 saturated carbocycles. The first-order chi connectivity index (χ1) is 31.5. The van der Waals surface area contributed by atoms with Crippen LogP contribution in [0.2, 0.25) is 0 Å². The Labute approximate surface area is 406 Å². The van der Waals surface area contributed by atoms with Gasteiger partial charge < -0.3 is 28.8 Å². The molecule has 9 heteroatoms. The minimum Gasteiger partial charge on any atom is -0.756 e. The third-order valence-corrected chi connectivity index (χ3v) is 14.6. The molecule has 2 N–H and O–H groups in total. The zero-order valence-electron chi connectivity index (χ0n) is 44.5. The van der Waals surface area contributed by atoms with Crippen molar-refractivity contribution in [2.45, 2.75) is 315 Å². The third-order valence-electron chi connectivity index (χ3n) is 13.6. The second-order valence-electron chi connectivity index (χ2n) is 21.4. The lowest BCUT2D eigenvalue weighted by atomic mass is 10.0. The van der Waals surface area contributed by atoms with Crippen LogP contribution in [0, 0.1) is 0 Å². The molecule has 0 aromatic carbocycles. The number of phosphoric acid groups is 1. The second-order valence-corrected chi connectivity index (χ2v) is 22.8. The second kappa shape index (κ2) is 48.5. The minimum atomic E-state index is -4.55. The van der Waals surface area contributed by atoms with Gasteiger partial charge in [0.05, 0.1) is 39.9 Å². The lowest BCUT2D eigenvalue weighted by molar-refractivity contribution is -0.870. The molecule has 0 bridgehead atoms. The van der Waals surface area contributed by atoms with E-state index < -0.39 is 20.0 Å². The number of carbonyl (C=O) groups excluding carboxylic acids is 1. The number of hydrogen-bond acceptors (Lipinski definition) is 6. The Morgan fingerprint density at radius 2 is 0.754 bits per heavy atom. The average Bonchev–Trinajstić information content (AvgIpc) is 3.26. The number of phosphoric ester groups is 1. The van der Waals surface area contributed by atoms with Crippen molar-refractivity contribution in [2.75, 3.05) is 40.9 Å². The SMILES string of the molecule is CCCCCCCCCCCCCCCCCCCCCCCCCCCCCCCCCCCCCC(=O)NC(COP(=O)([O-])OCC[N+](C)(C)C)C(O)CCCCCCCCCC. The molecule has 3 unspecified atom stereocenters. The predicted octanol–water partition coefficient (Wildman–Crippen LogP) is 16.6. The molecule has 0 rings (SSSR count). The van der Waals surface area contributed by atoms with Gasteiger partial charge in [-0.15, -0.1) is 0 Å². The van der Waals surface area contributed by atoms with E-state index in [1.54, 1.807) is 0 Å². The van der Waals surface area contributed by atoms with Crippen molar-refractivity contribution >= 4 is 13.7 Å². The van der Waals surface area contributed by atoms with Gasteiger partial charge in [-0.2, -0.15) is 0 Å². The molecule has 0 aliphatic rings. The quantitative estimate of drug-likeness (QED) is 0.0357. The molecule has 0 aliphatic carbocycles. The van der Waals surface area contributed by atoms with Crippen molar-refractivity contribution in [1.29, 1.82) is 0 Å². The van der Waals surface area contributed by atoms with Gasteiger partial charge in [-0.05, 0) is 12.8 Å². The van der Waals surface area contributed by atoms with Crippen LogP contribution in [0.5, 0.6) is 0 Å². The van der Waals surface area contributed by atoms with Crippen LogP contribution in [-0.4, -0.2) is 68.5 Å².